The van der Waals surface area contributed by atoms with Crippen LogP contribution in [0.25, 0.3) is 0 Å². The Morgan fingerprint density at radius 1 is 0.784 bits per heavy atom. The zero-order chi connectivity index (χ0) is 26.0. The number of ether oxygens (including phenoxy) is 2. The topological polar surface area (TPSA) is 91.3 Å². The van der Waals surface area contributed by atoms with Crippen molar-refractivity contribution in [2.45, 2.75) is 44.4 Å². The molecular weight excluding hydrogens is 466 g/mol. The fourth-order valence-corrected chi connectivity index (χ4v) is 7.64. The maximum absolute atomic E-state index is 13.9. The van der Waals surface area contributed by atoms with E-state index in [0.717, 1.165) is 17.1 Å². The maximum Gasteiger partial charge on any atom is 0.312 e. The molecule has 4 atom stereocenters. The van der Waals surface area contributed by atoms with Gasteiger partial charge in [0.05, 0.1) is 25.0 Å². The van der Waals surface area contributed by atoms with E-state index in [1.807, 2.05) is 54.6 Å². The summed E-state index contributed by atoms with van der Waals surface area (Å²) in [7, 11) is 2.87. The standard InChI is InChI=1S/C30H33N3O4/c1-20-25(23-11-5-8-14-32-23)29(27(34)36-2)17-21(16-22-10-4-7-13-31-22)18-30(19-29,28(35)37-3)26(20)24-12-6-9-15-33-24/h4-15,20-21,25-26H,16-19H2,1-3H3. The number of nitrogens with zero attached hydrogens (tertiary/aromatic N) is 3. The van der Waals surface area contributed by atoms with Gasteiger partial charge >= 0.3 is 11.9 Å². The molecule has 3 heterocycles. The van der Waals surface area contributed by atoms with Gasteiger partial charge in [-0.2, -0.15) is 0 Å². The Labute approximate surface area is 217 Å². The first-order valence-electron chi connectivity index (χ1n) is 12.8. The van der Waals surface area contributed by atoms with Crippen molar-refractivity contribution in [1.29, 1.82) is 0 Å². The second-order valence-corrected chi connectivity index (χ2v) is 10.6. The minimum absolute atomic E-state index is 0.00627. The number of methoxy groups -OCH3 is 2. The van der Waals surface area contributed by atoms with Crippen LogP contribution in [0.2, 0.25) is 0 Å². The summed E-state index contributed by atoms with van der Waals surface area (Å²) in [6.45, 7) is 2.12. The number of pyridine rings is 3. The fourth-order valence-electron chi connectivity index (χ4n) is 7.64. The van der Waals surface area contributed by atoms with Crippen LogP contribution < -0.4 is 0 Å². The monoisotopic (exact) mass is 499 g/mol. The first-order valence-corrected chi connectivity index (χ1v) is 12.8. The number of carbonyl (C=O) groups excluding carboxylic acids is 2. The summed E-state index contributed by atoms with van der Waals surface area (Å²) < 4.78 is 11.0. The predicted octanol–water partition coefficient (Wildman–Crippen LogP) is 4.75. The molecule has 3 aromatic rings. The summed E-state index contributed by atoms with van der Waals surface area (Å²) in [4.78, 5) is 41.8. The van der Waals surface area contributed by atoms with Crippen LogP contribution in [-0.4, -0.2) is 41.1 Å². The summed E-state index contributed by atoms with van der Waals surface area (Å²) in [5.41, 5.74) is 0.709. The lowest BCUT2D eigenvalue weighted by Gasteiger charge is -2.60. The molecule has 37 heavy (non-hydrogen) atoms. The van der Waals surface area contributed by atoms with Crippen LogP contribution in [-0.2, 0) is 25.5 Å². The smallest absolute Gasteiger partial charge is 0.312 e. The Hall–Kier alpha value is -3.61. The highest BCUT2D eigenvalue weighted by atomic mass is 16.5. The maximum atomic E-state index is 13.9. The molecule has 5 rings (SSSR count). The number of aromatic nitrogens is 3. The molecule has 0 spiro atoms. The van der Waals surface area contributed by atoms with Crippen molar-refractivity contribution in [2.24, 2.45) is 22.7 Å². The molecule has 2 bridgehead atoms. The zero-order valence-corrected chi connectivity index (χ0v) is 21.5. The summed E-state index contributed by atoms with van der Waals surface area (Å²) in [6.07, 6.45) is 7.44. The van der Waals surface area contributed by atoms with Crippen molar-refractivity contribution in [1.82, 2.24) is 15.0 Å². The Bertz CT molecular complexity index is 1160. The summed E-state index contributed by atoms with van der Waals surface area (Å²) >= 11 is 0. The highest BCUT2D eigenvalue weighted by molar-refractivity contribution is 5.84. The molecule has 7 heteroatoms. The molecule has 2 saturated carbocycles. The van der Waals surface area contributed by atoms with Crippen molar-refractivity contribution in [3.8, 4) is 0 Å². The molecule has 2 aliphatic carbocycles. The van der Waals surface area contributed by atoms with E-state index in [4.69, 9.17) is 19.4 Å². The van der Waals surface area contributed by atoms with Crippen LogP contribution in [0.1, 0.15) is 55.1 Å². The van der Waals surface area contributed by atoms with E-state index >= 15 is 0 Å². The van der Waals surface area contributed by atoms with E-state index in [1.54, 1.807) is 18.6 Å². The van der Waals surface area contributed by atoms with Gasteiger partial charge in [-0.3, -0.25) is 24.5 Å². The van der Waals surface area contributed by atoms with E-state index in [9.17, 15) is 9.59 Å². The van der Waals surface area contributed by atoms with E-state index in [-0.39, 0.29) is 35.6 Å². The lowest BCUT2D eigenvalue weighted by atomic mass is 9.41. The minimum atomic E-state index is -0.945. The van der Waals surface area contributed by atoms with E-state index in [0.29, 0.717) is 25.7 Å². The van der Waals surface area contributed by atoms with Gasteiger partial charge in [0.1, 0.15) is 0 Å². The lowest BCUT2D eigenvalue weighted by molar-refractivity contribution is -0.187. The fraction of sp³-hybridized carbons (Fsp3) is 0.433. The van der Waals surface area contributed by atoms with Crippen molar-refractivity contribution in [2.75, 3.05) is 14.2 Å². The molecular formula is C30H33N3O4. The lowest BCUT2D eigenvalue weighted by Crippen LogP contribution is -2.61. The summed E-state index contributed by atoms with van der Waals surface area (Å²) in [6, 6.07) is 17.5. The average Bonchev–Trinajstić information content (AvgIpc) is 2.93. The molecule has 0 amide bonds. The number of esters is 2. The number of fused-ring (bicyclic) bond motifs is 2. The highest BCUT2D eigenvalue weighted by Crippen LogP contribution is 2.69. The molecule has 0 aliphatic heterocycles. The molecule has 4 unspecified atom stereocenters. The van der Waals surface area contributed by atoms with Gasteiger partial charge in [0.2, 0.25) is 0 Å². The summed E-state index contributed by atoms with van der Waals surface area (Å²) in [5, 5.41) is 0. The van der Waals surface area contributed by atoms with Crippen LogP contribution in [0.15, 0.2) is 73.2 Å². The van der Waals surface area contributed by atoms with E-state index in [1.165, 1.54) is 14.2 Å². The van der Waals surface area contributed by atoms with Gasteiger partial charge in [0, 0.05) is 47.5 Å². The molecule has 192 valence electrons. The number of hydrogen-bond donors (Lipinski definition) is 0. The van der Waals surface area contributed by atoms with Crippen molar-refractivity contribution >= 4 is 11.9 Å². The molecule has 0 aromatic carbocycles. The van der Waals surface area contributed by atoms with Crippen molar-refractivity contribution in [3.05, 3.63) is 90.3 Å². The van der Waals surface area contributed by atoms with Gasteiger partial charge in [-0.25, -0.2) is 0 Å². The predicted molar refractivity (Wildman–Crippen MR) is 137 cm³/mol. The van der Waals surface area contributed by atoms with E-state index in [2.05, 4.69) is 11.9 Å². The van der Waals surface area contributed by atoms with Crippen LogP contribution in [0, 0.1) is 22.7 Å². The molecule has 7 nitrogen and oxygen atoms in total. The third-order valence-electron chi connectivity index (χ3n) is 8.60. The Morgan fingerprint density at radius 2 is 1.27 bits per heavy atom. The number of rotatable bonds is 6. The van der Waals surface area contributed by atoms with Gasteiger partial charge in [-0.1, -0.05) is 25.1 Å². The van der Waals surface area contributed by atoms with Crippen molar-refractivity contribution in [3.63, 3.8) is 0 Å². The molecule has 2 fully saturated rings. The largest absolute Gasteiger partial charge is 0.469 e. The van der Waals surface area contributed by atoms with Crippen LogP contribution >= 0.6 is 0 Å². The second-order valence-electron chi connectivity index (χ2n) is 10.6. The molecule has 0 N–H and O–H groups in total. The SMILES string of the molecule is COC(=O)C12CC(Cc3ccccn3)CC(C(=O)OC)(C1)C(c1ccccn1)C(C)C2c1ccccn1. The Morgan fingerprint density at radius 3 is 1.68 bits per heavy atom. The first kappa shape index (κ1) is 25.1. The average molecular weight is 500 g/mol. The van der Waals surface area contributed by atoms with Gasteiger partial charge in [0.25, 0.3) is 0 Å². The Balaban J connectivity index is 1.74. The van der Waals surface area contributed by atoms with Gasteiger partial charge < -0.3 is 9.47 Å². The highest BCUT2D eigenvalue weighted by Gasteiger charge is 2.69. The molecule has 3 aromatic heterocycles. The molecule has 0 radical (unpaired) electrons. The number of hydrogen-bond acceptors (Lipinski definition) is 7. The van der Waals surface area contributed by atoms with Gasteiger partial charge in [0.15, 0.2) is 0 Å². The molecule has 2 aliphatic rings. The van der Waals surface area contributed by atoms with E-state index < -0.39 is 10.8 Å². The third kappa shape index (κ3) is 4.20. The third-order valence-corrected chi connectivity index (χ3v) is 8.60. The van der Waals surface area contributed by atoms with Crippen LogP contribution in [0.5, 0.6) is 0 Å². The normalized spacial score (nSPS) is 30.8. The summed E-state index contributed by atoms with van der Waals surface area (Å²) in [5.74, 6) is -1.25. The molecule has 0 saturated heterocycles. The number of carbonyl (C=O) groups is 2. The van der Waals surface area contributed by atoms with Crippen molar-refractivity contribution < 1.29 is 19.1 Å². The van der Waals surface area contributed by atoms with Gasteiger partial charge in [-0.05, 0) is 73.9 Å². The quantitative estimate of drug-likeness (QED) is 0.452. The Kier molecular flexibility index (Phi) is 6.80. The first-order chi connectivity index (χ1) is 17.9. The van der Waals surface area contributed by atoms with Gasteiger partial charge in [-0.15, -0.1) is 0 Å². The zero-order valence-electron chi connectivity index (χ0n) is 21.5. The van der Waals surface area contributed by atoms with Crippen LogP contribution in [0.3, 0.4) is 0 Å². The van der Waals surface area contributed by atoms with Crippen LogP contribution in [0.4, 0.5) is 0 Å². The minimum Gasteiger partial charge on any atom is -0.469 e. The second kappa shape index (κ2) is 10.0.